The van der Waals surface area contributed by atoms with E-state index in [4.69, 9.17) is 0 Å². The van der Waals surface area contributed by atoms with Crippen molar-refractivity contribution in [2.24, 2.45) is 0 Å². The van der Waals surface area contributed by atoms with E-state index in [1.54, 1.807) is 0 Å². The highest BCUT2D eigenvalue weighted by Crippen LogP contribution is 2.15. The Kier molecular flexibility index (Phi) is 5.02. The van der Waals surface area contributed by atoms with Crippen LogP contribution in [0.3, 0.4) is 0 Å². The van der Waals surface area contributed by atoms with Gasteiger partial charge in [-0.1, -0.05) is 5.92 Å². The lowest BCUT2D eigenvalue weighted by Gasteiger charge is -2.13. The first-order valence-electron chi connectivity index (χ1n) is 3.79. The molecule has 0 saturated heterocycles. The van der Waals surface area contributed by atoms with Crippen LogP contribution in [-0.2, 0) is 9.53 Å². The van der Waals surface area contributed by atoms with Gasteiger partial charge in [0.1, 0.15) is 0 Å². The minimum absolute atomic E-state index is 0.620. The van der Waals surface area contributed by atoms with Crippen molar-refractivity contribution in [2.75, 3.05) is 6.61 Å². The first-order valence-corrected chi connectivity index (χ1v) is 3.79. The van der Waals surface area contributed by atoms with Gasteiger partial charge in [0.25, 0.3) is 5.91 Å². The minimum atomic E-state index is -4.67. The SMILES string of the molecule is CC#CC(=O)NC(C)COC(F)(F)F. The summed E-state index contributed by atoms with van der Waals surface area (Å²) in [5.41, 5.74) is 0. The number of amides is 1. The highest BCUT2D eigenvalue weighted by Gasteiger charge is 2.29. The van der Waals surface area contributed by atoms with E-state index in [0.717, 1.165) is 0 Å². The number of nitrogens with one attached hydrogen (secondary N) is 1. The standard InChI is InChI=1S/C8H10F3NO2/c1-3-4-7(13)12-6(2)5-14-8(9,10)11/h6H,5H2,1-2H3,(H,12,13). The zero-order valence-corrected chi connectivity index (χ0v) is 7.73. The zero-order chi connectivity index (χ0) is 11.2. The van der Waals surface area contributed by atoms with E-state index in [-0.39, 0.29) is 0 Å². The average Bonchev–Trinajstić information content (AvgIpc) is 2.00. The number of rotatable bonds is 3. The van der Waals surface area contributed by atoms with E-state index < -0.39 is 24.9 Å². The Bertz CT molecular complexity index is 252. The third-order valence-electron chi connectivity index (χ3n) is 1.11. The van der Waals surface area contributed by atoms with Crippen LogP contribution in [0.4, 0.5) is 13.2 Å². The molecule has 0 fully saturated rings. The molecule has 0 aromatic heterocycles. The molecule has 0 aliphatic heterocycles. The van der Waals surface area contributed by atoms with Gasteiger partial charge >= 0.3 is 6.36 Å². The number of hydrogen-bond acceptors (Lipinski definition) is 2. The predicted octanol–water partition coefficient (Wildman–Crippen LogP) is 1.05. The molecule has 1 amide bonds. The number of ether oxygens (including phenoxy) is 1. The lowest BCUT2D eigenvalue weighted by molar-refractivity contribution is -0.326. The number of carbonyl (C=O) groups is 1. The summed E-state index contributed by atoms with van der Waals surface area (Å²) in [6, 6.07) is -0.732. The lowest BCUT2D eigenvalue weighted by atomic mass is 10.3. The normalized spacial score (nSPS) is 12.6. The molecule has 0 radical (unpaired) electrons. The fraction of sp³-hybridized carbons (Fsp3) is 0.625. The number of halogens is 3. The Labute approximate surface area is 79.6 Å². The molecule has 80 valence electrons. The Balaban J connectivity index is 3.80. The molecule has 14 heavy (non-hydrogen) atoms. The average molecular weight is 209 g/mol. The van der Waals surface area contributed by atoms with Gasteiger partial charge < -0.3 is 5.32 Å². The number of hydrogen-bond donors (Lipinski definition) is 1. The zero-order valence-electron chi connectivity index (χ0n) is 7.73. The van der Waals surface area contributed by atoms with Crippen molar-refractivity contribution in [3.8, 4) is 11.8 Å². The largest absolute Gasteiger partial charge is 0.522 e. The van der Waals surface area contributed by atoms with Crippen LogP contribution >= 0.6 is 0 Å². The van der Waals surface area contributed by atoms with Gasteiger partial charge in [0, 0.05) is 0 Å². The molecule has 3 nitrogen and oxygen atoms in total. The van der Waals surface area contributed by atoms with Crippen molar-refractivity contribution in [1.29, 1.82) is 0 Å². The maximum atomic E-state index is 11.5. The molecule has 1 atom stereocenters. The Morgan fingerprint density at radius 2 is 2.14 bits per heavy atom. The summed E-state index contributed by atoms with van der Waals surface area (Å²) >= 11 is 0. The quantitative estimate of drug-likeness (QED) is 0.705. The highest BCUT2D eigenvalue weighted by atomic mass is 19.4. The van der Waals surface area contributed by atoms with E-state index in [1.807, 2.05) is 0 Å². The molecule has 1 unspecified atom stereocenters. The van der Waals surface area contributed by atoms with Gasteiger partial charge in [0.2, 0.25) is 0 Å². The van der Waals surface area contributed by atoms with Crippen molar-refractivity contribution in [3.63, 3.8) is 0 Å². The predicted molar refractivity (Wildman–Crippen MR) is 43.1 cm³/mol. The molecule has 0 aromatic carbocycles. The maximum Gasteiger partial charge on any atom is 0.522 e. The first kappa shape index (κ1) is 12.8. The molecular formula is C8H10F3NO2. The van der Waals surface area contributed by atoms with E-state index in [2.05, 4.69) is 21.9 Å². The van der Waals surface area contributed by atoms with Crippen LogP contribution < -0.4 is 5.32 Å². The number of alkyl halides is 3. The summed E-state index contributed by atoms with van der Waals surface area (Å²) in [5, 5.41) is 2.22. The molecule has 1 N–H and O–H groups in total. The third kappa shape index (κ3) is 7.43. The molecular weight excluding hydrogens is 199 g/mol. The Morgan fingerprint density at radius 3 is 2.57 bits per heavy atom. The van der Waals surface area contributed by atoms with Gasteiger partial charge in [-0.05, 0) is 19.8 Å². The first-order chi connectivity index (χ1) is 6.35. The van der Waals surface area contributed by atoms with Gasteiger partial charge in [-0.3, -0.25) is 9.53 Å². The van der Waals surface area contributed by atoms with Crippen LogP contribution in [0.1, 0.15) is 13.8 Å². The highest BCUT2D eigenvalue weighted by molar-refractivity contribution is 5.93. The van der Waals surface area contributed by atoms with Crippen molar-refractivity contribution < 1.29 is 22.7 Å². The fourth-order valence-corrected chi connectivity index (χ4v) is 0.635. The Hall–Kier alpha value is -1.22. The van der Waals surface area contributed by atoms with Crippen LogP contribution in [0.2, 0.25) is 0 Å². The summed E-state index contributed by atoms with van der Waals surface area (Å²) in [6.45, 7) is 2.22. The van der Waals surface area contributed by atoms with Gasteiger partial charge in [0.15, 0.2) is 0 Å². The molecule has 0 aliphatic carbocycles. The topological polar surface area (TPSA) is 38.3 Å². The van der Waals surface area contributed by atoms with Gasteiger partial charge in [0.05, 0.1) is 12.6 Å². The van der Waals surface area contributed by atoms with Crippen molar-refractivity contribution >= 4 is 5.91 Å². The van der Waals surface area contributed by atoms with Crippen LogP contribution in [0.15, 0.2) is 0 Å². The lowest BCUT2D eigenvalue weighted by Crippen LogP contribution is -2.36. The molecule has 0 saturated carbocycles. The van der Waals surface area contributed by atoms with E-state index in [1.165, 1.54) is 13.8 Å². The minimum Gasteiger partial charge on any atom is -0.340 e. The molecule has 0 aromatic rings. The summed E-state index contributed by atoms with van der Waals surface area (Å²) in [7, 11) is 0. The van der Waals surface area contributed by atoms with Gasteiger partial charge in [-0.15, -0.1) is 13.2 Å². The van der Waals surface area contributed by atoms with Crippen LogP contribution in [0, 0.1) is 11.8 Å². The molecule has 0 aliphatic rings. The molecule has 6 heteroatoms. The van der Waals surface area contributed by atoms with Crippen LogP contribution in [-0.4, -0.2) is 24.9 Å². The summed E-state index contributed by atoms with van der Waals surface area (Å²) in [6.07, 6.45) is -4.67. The number of carbonyl (C=O) groups excluding carboxylic acids is 1. The van der Waals surface area contributed by atoms with E-state index in [9.17, 15) is 18.0 Å². The maximum absolute atomic E-state index is 11.5. The molecule has 0 heterocycles. The van der Waals surface area contributed by atoms with E-state index in [0.29, 0.717) is 0 Å². The smallest absolute Gasteiger partial charge is 0.340 e. The second kappa shape index (κ2) is 5.50. The second-order valence-corrected chi connectivity index (χ2v) is 2.51. The van der Waals surface area contributed by atoms with Gasteiger partial charge in [-0.2, -0.15) is 0 Å². The van der Waals surface area contributed by atoms with Crippen molar-refractivity contribution in [1.82, 2.24) is 5.32 Å². The summed E-state index contributed by atoms with van der Waals surface area (Å²) < 4.78 is 38.1. The molecule has 0 bridgehead atoms. The Morgan fingerprint density at radius 1 is 1.57 bits per heavy atom. The fourth-order valence-electron chi connectivity index (χ4n) is 0.635. The van der Waals surface area contributed by atoms with E-state index >= 15 is 0 Å². The molecule has 0 rings (SSSR count). The van der Waals surface area contributed by atoms with Crippen molar-refractivity contribution in [3.05, 3.63) is 0 Å². The van der Waals surface area contributed by atoms with Crippen molar-refractivity contribution in [2.45, 2.75) is 26.3 Å². The second-order valence-electron chi connectivity index (χ2n) is 2.51. The summed E-state index contributed by atoms with van der Waals surface area (Å²) in [4.78, 5) is 10.8. The third-order valence-corrected chi connectivity index (χ3v) is 1.11. The monoisotopic (exact) mass is 209 g/mol. The van der Waals surface area contributed by atoms with Gasteiger partial charge in [-0.25, -0.2) is 0 Å². The van der Waals surface area contributed by atoms with Crippen LogP contribution in [0.5, 0.6) is 0 Å². The molecule has 0 spiro atoms. The van der Waals surface area contributed by atoms with Crippen LogP contribution in [0.25, 0.3) is 0 Å². The summed E-state index contributed by atoms with van der Waals surface area (Å²) in [5.74, 6) is 3.84.